The van der Waals surface area contributed by atoms with Gasteiger partial charge in [0.05, 0.1) is 47.0 Å². The Labute approximate surface area is 233 Å². The monoisotopic (exact) mass is 564 g/mol. The quantitative estimate of drug-likeness (QED) is 0.235. The molecule has 0 aliphatic heterocycles. The highest BCUT2D eigenvalue weighted by Gasteiger charge is 2.25. The summed E-state index contributed by atoms with van der Waals surface area (Å²) >= 11 is 3.82. The van der Waals surface area contributed by atoms with Gasteiger partial charge in [0.15, 0.2) is 11.6 Å². The van der Waals surface area contributed by atoms with Crippen LogP contribution in [0.15, 0.2) is 66.7 Å². The maximum Gasteiger partial charge on any atom is 0.268 e. The summed E-state index contributed by atoms with van der Waals surface area (Å²) in [5.41, 5.74) is 2.02. The molecule has 0 saturated heterocycles. The van der Waals surface area contributed by atoms with E-state index in [2.05, 4.69) is 15.3 Å². The number of methoxy groups -OCH3 is 1. The summed E-state index contributed by atoms with van der Waals surface area (Å²) in [7, 11) is 1.53. The number of ether oxygens (including phenoxy) is 1. The number of hydrogen-bond acceptors (Lipinski definition) is 7. The van der Waals surface area contributed by atoms with Crippen LogP contribution in [-0.2, 0) is 11.3 Å². The maximum absolute atomic E-state index is 13.1. The lowest BCUT2D eigenvalue weighted by Crippen LogP contribution is -2.32. The van der Waals surface area contributed by atoms with Crippen LogP contribution in [0, 0.1) is 11.3 Å². The number of aromatic nitrogens is 2. The summed E-state index contributed by atoms with van der Waals surface area (Å²) in [6, 6.07) is 20.5. The lowest BCUT2D eigenvalue weighted by atomic mass is 10.1. The number of anilines is 4. The number of amides is 1. The van der Waals surface area contributed by atoms with E-state index in [4.69, 9.17) is 21.6 Å². The van der Waals surface area contributed by atoms with Crippen molar-refractivity contribution in [2.75, 3.05) is 29.8 Å². The van der Waals surface area contributed by atoms with Gasteiger partial charge in [-0.15, -0.1) is 0 Å². The lowest BCUT2D eigenvalue weighted by molar-refractivity contribution is 0.0768. The number of benzene rings is 3. The van der Waals surface area contributed by atoms with Crippen LogP contribution in [0.4, 0.5) is 23.0 Å². The molecule has 4 rings (SSSR count). The Hall–Kier alpha value is -4.24. The molecule has 200 valence electrons. The Morgan fingerprint density at radius 2 is 1.87 bits per heavy atom. The second-order valence-corrected chi connectivity index (χ2v) is 9.46. The zero-order chi connectivity index (χ0) is 27.9. The summed E-state index contributed by atoms with van der Waals surface area (Å²) < 4.78 is 29.6. The van der Waals surface area contributed by atoms with Crippen LogP contribution in [0.5, 0.6) is 5.75 Å². The highest BCUT2D eigenvalue weighted by Crippen LogP contribution is 2.36. The first-order valence-electron chi connectivity index (χ1n) is 11.9. The van der Waals surface area contributed by atoms with Gasteiger partial charge in [0.2, 0.25) is 0 Å². The van der Waals surface area contributed by atoms with Gasteiger partial charge < -0.3 is 15.0 Å². The zero-order valence-electron chi connectivity index (χ0n) is 21.2. The predicted molar refractivity (Wildman–Crippen MR) is 152 cm³/mol. The summed E-state index contributed by atoms with van der Waals surface area (Å²) in [4.78, 5) is 24.0. The second kappa shape index (κ2) is 12.5. The normalized spacial score (nSPS) is 11.5. The van der Waals surface area contributed by atoms with E-state index >= 15 is 0 Å². The number of nitrogens with one attached hydrogen (secondary N) is 1. The van der Waals surface area contributed by atoms with Crippen molar-refractivity contribution in [3.8, 4) is 11.8 Å². The van der Waals surface area contributed by atoms with E-state index in [1.54, 1.807) is 54.6 Å². The molecule has 1 unspecified atom stereocenters. The van der Waals surface area contributed by atoms with Gasteiger partial charge in [-0.05, 0) is 49.4 Å². The summed E-state index contributed by atoms with van der Waals surface area (Å²) in [5.74, 6) is 0.439. The molecule has 3 aromatic carbocycles. The van der Waals surface area contributed by atoms with Crippen molar-refractivity contribution in [2.24, 2.45) is 0 Å². The molecule has 0 spiro atoms. The van der Waals surface area contributed by atoms with Crippen molar-refractivity contribution in [3.05, 3.63) is 77.3 Å². The van der Waals surface area contributed by atoms with Crippen LogP contribution in [0.2, 0.25) is 5.02 Å². The van der Waals surface area contributed by atoms with Crippen molar-refractivity contribution in [1.82, 2.24) is 14.9 Å². The van der Waals surface area contributed by atoms with Crippen molar-refractivity contribution in [3.63, 3.8) is 0 Å². The van der Waals surface area contributed by atoms with E-state index < -0.39 is 11.3 Å². The molecule has 1 heterocycles. The predicted octanol–water partition coefficient (Wildman–Crippen LogP) is 5.69. The molecule has 12 heteroatoms. The minimum Gasteiger partial charge on any atom is -0.497 e. The van der Waals surface area contributed by atoms with Gasteiger partial charge >= 0.3 is 0 Å². The van der Waals surface area contributed by atoms with Crippen molar-refractivity contribution in [1.29, 1.82) is 5.26 Å². The molecular formula is C27H25ClN6O4S. The first-order valence-corrected chi connectivity index (χ1v) is 13.3. The van der Waals surface area contributed by atoms with Crippen LogP contribution < -0.4 is 14.4 Å². The van der Waals surface area contributed by atoms with E-state index in [1.807, 2.05) is 19.1 Å². The number of nitriles is 1. The molecule has 1 amide bonds. The number of halogens is 1. The second-order valence-electron chi connectivity index (χ2n) is 8.22. The first-order chi connectivity index (χ1) is 18.9. The third-order valence-corrected chi connectivity index (χ3v) is 6.84. The number of hydrogen-bond donors (Lipinski definition) is 2. The van der Waals surface area contributed by atoms with Gasteiger partial charge in [-0.1, -0.05) is 29.8 Å². The van der Waals surface area contributed by atoms with E-state index in [0.717, 1.165) is 4.31 Å². The van der Waals surface area contributed by atoms with E-state index in [-0.39, 0.29) is 36.2 Å². The molecule has 10 nitrogen and oxygen atoms in total. The first kappa shape index (κ1) is 27.8. The molecule has 0 aliphatic carbocycles. The van der Waals surface area contributed by atoms with Gasteiger partial charge in [-0.3, -0.25) is 9.35 Å². The van der Waals surface area contributed by atoms with Crippen LogP contribution in [0.3, 0.4) is 0 Å². The Morgan fingerprint density at radius 1 is 1.13 bits per heavy atom. The fourth-order valence-corrected chi connectivity index (χ4v) is 4.63. The third-order valence-electron chi connectivity index (χ3n) is 5.82. The number of rotatable bonds is 10. The van der Waals surface area contributed by atoms with Crippen LogP contribution >= 0.6 is 11.6 Å². The number of para-hydroxylation sites is 2. The SMILES string of the molecule is CCN(CCC#N)C(=O)c1cccc(N(c2nc3ccccc3nc2Nc2cc(OC)ccc2Cl)S(=O)O)c1. The van der Waals surface area contributed by atoms with Gasteiger partial charge in [0.1, 0.15) is 5.75 Å². The van der Waals surface area contributed by atoms with Gasteiger partial charge in [0.25, 0.3) is 17.2 Å². The number of nitrogens with zero attached hydrogens (tertiary/aromatic N) is 5. The van der Waals surface area contributed by atoms with E-state index in [1.165, 1.54) is 18.1 Å². The lowest BCUT2D eigenvalue weighted by Gasteiger charge is -2.24. The summed E-state index contributed by atoms with van der Waals surface area (Å²) in [5, 5.41) is 12.4. The number of carbonyl (C=O) groups excluding carboxylic acids is 1. The highest BCUT2D eigenvalue weighted by atomic mass is 35.5. The van der Waals surface area contributed by atoms with Crippen molar-refractivity contribution in [2.45, 2.75) is 13.3 Å². The highest BCUT2D eigenvalue weighted by molar-refractivity contribution is 7.81. The van der Waals surface area contributed by atoms with Crippen LogP contribution in [0.25, 0.3) is 11.0 Å². The average Bonchev–Trinajstić information content (AvgIpc) is 2.94. The molecular weight excluding hydrogens is 540 g/mol. The molecule has 0 bridgehead atoms. The molecule has 1 aromatic heterocycles. The molecule has 39 heavy (non-hydrogen) atoms. The van der Waals surface area contributed by atoms with Crippen LogP contribution in [0.1, 0.15) is 23.7 Å². The molecule has 4 aromatic rings. The van der Waals surface area contributed by atoms with Gasteiger partial charge in [-0.25, -0.2) is 18.5 Å². The van der Waals surface area contributed by atoms with E-state index in [0.29, 0.717) is 39.6 Å². The van der Waals surface area contributed by atoms with Crippen molar-refractivity contribution < 1.29 is 18.3 Å². The third kappa shape index (κ3) is 6.26. The van der Waals surface area contributed by atoms with E-state index in [9.17, 15) is 13.6 Å². The Kier molecular flexibility index (Phi) is 8.93. The minimum absolute atomic E-state index is 0.0369. The fraction of sp³-hybridized carbons (Fsp3) is 0.185. The minimum atomic E-state index is -2.60. The topological polar surface area (TPSA) is 132 Å². The van der Waals surface area contributed by atoms with Crippen LogP contribution in [-0.4, -0.2) is 49.7 Å². The number of carbonyl (C=O) groups is 1. The molecule has 0 radical (unpaired) electrons. The molecule has 0 aliphatic rings. The molecule has 0 saturated carbocycles. The molecule has 1 atom stereocenters. The number of fused-ring (bicyclic) bond motifs is 1. The Morgan fingerprint density at radius 3 is 2.54 bits per heavy atom. The Balaban J connectivity index is 1.83. The average molecular weight is 565 g/mol. The smallest absolute Gasteiger partial charge is 0.268 e. The maximum atomic E-state index is 13.1. The Bertz CT molecular complexity index is 1580. The fourth-order valence-electron chi connectivity index (χ4n) is 3.89. The zero-order valence-corrected chi connectivity index (χ0v) is 22.7. The summed E-state index contributed by atoms with van der Waals surface area (Å²) in [6.07, 6.45) is 0.195. The molecule has 0 fully saturated rings. The van der Waals surface area contributed by atoms with Gasteiger partial charge in [0, 0.05) is 24.7 Å². The summed E-state index contributed by atoms with van der Waals surface area (Å²) in [6.45, 7) is 2.50. The largest absolute Gasteiger partial charge is 0.497 e. The van der Waals surface area contributed by atoms with Gasteiger partial charge in [-0.2, -0.15) is 5.26 Å². The molecule has 2 N–H and O–H groups in total. The standard InChI is InChI=1S/C27H25ClN6O4S/c1-3-33(15-7-14-29)27(35)18-8-6-9-19(16-18)34(39(36)37)26-25(30-22-10-4-5-11-23(22)32-26)31-24-17-20(38-2)12-13-21(24)28/h4-6,8-13,16-17H,3,7,15H2,1-2H3,(H,30,31)(H,36,37). The van der Waals surface area contributed by atoms with Crippen molar-refractivity contribution >= 4 is 62.8 Å².